The van der Waals surface area contributed by atoms with Crippen LogP contribution >= 0.6 is 0 Å². The Morgan fingerprint density at radius 3 is 2.67 bits per heavy atom. The third-order valence-electron chi connectivity index (χ3n) is 5.23. The molecule has 2 amide bonds. The second-order valence-corrected chi connectivity index (χ2v) is 7.13. The highest BCUT2D eigenvalue weighted by molar-refractivity contribution is 5.93. The lowest BCUT2D eigenvalue weighted by atomic mass is 9.96. The van der Waals surface area contributed by atoms with E-state index in [0.717, 1.165) is 25.1 Å². The van der Waals surface area contributed by atoms with Crippen molar-refractivity contribution in [1.82, 2.24) is 19.8 Å². The first-order valence-electron chi connectivity index (χ1n) is 9.40. The van der Waals surface area contributed by atoms with E-state index in [1.165, 1.54) is 12.8 Å². The zero-order valence-corrected chi connectivity index (χ0v) is 15.3. The molecule has 3 heterocycles. The second-order valence-electron chi connectivity index (χ2n) is 7.13. The Labute approximate surface area is 157 Å². The molecule has 1 saturated heterocycles. The van der Waals surface area contributed by atoms with Crippen LogP contribution in [0, 0.1) is 11.8 Å². The van der Waals surface area contributed by atoms with Crippen molar-refractivity contribution in [3.63, 3.8) is 0 Å². The lowest BCUT2D eigenvalue weighted by Crippen LogP contribution is -2.41. The SMILES string of the molecule is O=C(NCC1CC1)C1CCc2c(C(=O)N3CCOCC3)ncn2C1.O=CO. The number of fused-ring (bicyclic) bond motifs is 1. The number of carboxylic acid groups (broad SMARTS) is 1. The molecule has 148 valence electrons. The van der Waals surface area contributed by atoms with E-state index in [4.69, 9.17) is 14.6 Å². The lowest BCUT2D eigenvalue weighted by Gasteiger charge is -2.27. The molecule has 1 aromatic rings. The quantitative estimate of drug-likeness (QED) is 0.721. The number of morpholine rings is 1. The Morgan fingerprint density at radius 1 is 1.30 bits per heavy atom. The zero-order valence-electron chi connectivity index (χ0n) is 15.3. The molecule has 0 bridgehead atoms. The van der Waals surface area contributed by atoms with E-state index in [2.05, 4.69) is 10.3 Å². The number of rotatable bonds is 4. The Kier molecular flexibility index (Phi) is 6.44. The maximum Gasteiger partial charge on any atom is 0.290 e. The van der Waals surface area contributed by atoms with E-state index in [-0.39, 0.29) is 24.2 Å². The number of ether oxygens (including phenoxy) is 1. The van der Waals surface area contributed by atoms with Gasteiger partial charge in [0.2, 0.25) is 5.91 Å². The van der Waals surface area contributed by atoms with Gasteiger partial charge in [-0.2, -0.15) is 0 Å². The number of carbonyl (C=O) groups is 3. The van der Waals surface area contributed by atoms with Crippen molar-refractivity contribution in [3.05, 3.63) is 17.7 Å². The topological polar surface area (TPSA) is 114 Å². The van der Waals surface area contributed by atoms with Crippen LogP contribution in [0.15, 0.2) is 6.33 Å². The van der Waals surface area contributed by atoms with Gasteiger partial charge in [0.1, 0.15) is 5.69 Å². The molecule has 2 N–H and O–H groups in total. The van der Waals surface area contributed by atoms with Crippen molar-refractivity contribution in [3.8, 4) is 0 Å². The van der Waals surface area contributed by atoms with Gasteiger partial charge >= 0.3 is 0 Å². The number of aromatic nitrogens is 2. The molecule has 4 rings (SSSR count). The van der Waals surface area contributed by atoms with Crippen molar-refractivity contribution in [2.75, 3.05) is 32.8 Å². The molecule has 27 heavy (non-hydrogen) atoms. The van der Waals surface area contributed by atoms with Gasteiger partial charge in [0, 0.05) is 26.2 Å². The molecule has 1 atom stereocenters. The number of nitrogens with zero attached hydrogens (tertiary/aromatic N) is 3. The fraction of sp³-hybridized carbons (Fsp3) is 0.667. The van der Waals surface area contributed by atoms with Crippen LogP contribution < -0.4 is 5.32 Å². The average Bonchev–Trinajstić information content (AvgIpc) is 3.44. The first-order valence-corrected chi connectivity index (χ1v) is 9.40. The molecule has 1 unspecified atom stereocenters. The Balaban J connectivity index is 0.000000659. The van der Waals surface area contributed by atoms with Gasteiger partial charge in [-0.05, 0) is 31.6 Å². The van der Waals surface area contributed by atoms with Crippen LogP contribution in [-0.2, 0) is 27.3 Å². The summed E-state index contributed by atoms with van der Waals surface area (Å²) in [5, 5.41) is 9.95. The summed E-state index contributed by atoms with van der Waals surface area (Å²) in [6, 6.07) is 0. The number of nitrogens with one attached hydrogen (secondary N) is 1. The van der Waals surface area contributed by atoms with Crippen LogP contribution in [0.3, 0.4) is 0 Å². The standard InChI is InChI=1S/C17H24N4O3.CH2O2/c22-16(18-9-12-1-2-12)13-3-4-14-15(19-11-21(14)10-13)17(23)20-5-7-24-8-6-20;2-1-3/h11-13H,1-10H2,(H,18,22);1H,(H,2,3). The molecule has 2 aliphatic heterocycles. The second kappa shape index (κ2) is 8.98. The summed E-state index contributed by atoms with van der Waals surface area (Å²) < 4.78 is 7.29. The van der Waals surface area contributed by atoms with Gasteiger partial charge < -0.3 is 24.6 Å². The molecule has 3 aliphatic rings. The third-order valence-corrected chi connectivity index (χ3v) is 5.23. The van der Waals surface area contributed by atoms with Gasteiger partial charge in [-0.25, -0.2) is 4.98 Å². The summed E-state index contributed by atoms with van der Waals surface area (Å²) in [6.07, 6.45) is 5.70. The van der Waals surface area contributed by atoms with Crippen LogP contribution in [0.4, 0.5) is 0 Å². The molecule has 2 fully saturated rings. The molecule has 0 spiro atoms. The van der Waals surface area contributed by atoms with Gasteiger partial charge in [-0.3, -0.25) is 14.4 Å². The normalized spacial score (nSPS) is 21.5. The number of carbonyl (C=O) groups excluding carboxylic acids is 2. The lowest BCUT2D eigenvalue weighted by molar-refractivity contribution is -0.126. The van der Waals surface area contributed by atoms with Crippen LogP contribution in [0.1, 0.15) is 35.4 Å². The summed E-state index contributed by atoms with van der Waals surface area (Å²) in [5.74, 6) is 0.807. The molecular weight excluding hydrogens is 352 g/mol. The van der Waals surface area contributed by atoms with E-state index >= 15 is 0 Å². The van der Waals surface area contributed by atoms with Crippen molar-refractivity contribution in [2.24, 2.45) is 11.8 Å². The van der Waals surface area contributed by atoms with Gasteiger partial charge in [0.15, 0.2) is 0 Å². The average molecular weight is 378 g/mol. The van der Waals surface area contributed by atoms with Gasteiger partial charge in [0.05, 0.1) is 31.2 Å². The molecule has 1 saturated carbocycles. The summed E-state index contributed by atoms with van der Waals surface area (Å²) >= 11 is 0. The van der Waals surface area contributed by atoms with Crippen molar-refractivity contribution < 1.29 is 24.2 Å². The van der Waals surface area contributed by atoms with E-state index < -0.39 is 0 Å². The van der Waals surface area contributed by atoms with Crippen LogP contribution in [0.25, 0.3) is 0 Å². The predicted molar refractivity (Wildman–Crippen MR) is 95.2 cm³/mol. The molecular formula is C18H26N4O5. The van der Waals surface area contributed by atoms with Gasteiger partial charge in [0.25, 0.3) is 12.4 Å². The zero-order chi connectivity index (χ0) is 19.2. The summed E-state index contributed by atoms with van der Waals surface area (Å²) in [4.78, 5) is 39.5. The minimum Gasteiger partial charge on any atom is -0.483 e. The Morgan fingerprint density at radius 2 is 2.00 bits per heavy atom. The molecule has 0 aromatic carbocycles. The molecule has 0 radical (unpaired) electrons. The van der Waals surface area contributed by atoms with E-state index in [1.807, 2.05) is 4.57 Å². The molecule has 1 aromatic heterocycles. The minimum absolute atomic E-state index is 0.0105. The number of hydrogen-bond acceptors (Lipinski definition) is 5. The Hall–Kier alpha value is -2.42. The summed E-state index contributed by atoms with van der Waals surface area (Å²) in [6.45, 7) is 3.60. The monoisotopic (exact) mass is 378 g/mol. The fourth-order valence-electron chi connectivity index (χ4n) is 3.49. The minimum atomic E-state index is -0.250. The van der Waals surface area contributed by atoms with E-state index in [0.29, 0.717) is 44.5 Å². The first kappa shape index (κ1) is 19.3. The predicted octanol–water partition coefficient (Wildman–Crippen LogP) is 0.145. The number of imidazole rings is 1. The molecule has 9 heteroatoms. The van der Waals surface area contributed by atoms with E-state index in [9.17, 15) is 9.59 Å². The smallest absolute Gasteiger partial charge is 0.290 e. The van der Waals surface area contributed by atoms with Gasteiger partial charge in [-0.15, -0.1) is 0 Å². The highest BCUT2D eigenvalue weighted by Crippen LogP contribution is 2.28. The fourth-order valence-corrected chi connectivity index (χ4v) is 3.49. The third kappa shape index (κ3) is 4.85. The Bertz CT molecular complexity index is 679. The van der Waals surface area contributed by atoms with E-state index in [1.54, 1.807) is 11.2 Å². The number of hydrogen-bond donors (Lipinski definition) is 2. The number of amides is 2. The van der Waals surface area contributed by atoms with Crippen LogP contribution in [0.2, 0.25) is 0 Å². The summed E-state index contributed by atoms with van der Waals surface area (Å²) in [7, 11) is 0. The summed E-state index contributed by atoms with van der Waals surface area (Å²) in [5.41, 5.74) is 1.52. The largest absolute Gasteiger partial charge is 0.483 e. The van der Waals surface area contributed by atoms with Crippen LogP contribution in [0.5, 0.6) is 0 Å². The van der Waals surface area contributed by atoms with Crippen molar-refractivity contribution in [2.45, 2.75) is 32.2 Å². The molecule has 9 nitrogen and oxygen atoms in total. The van der Waals surface area contributed by atoms with Crippen molar-refractivity contribution >= 4 is 18.3 Å². The molecule has 1 aliphatic carbocycles. The van der Waals surface area contributed by atoms with Crippen molar-refractivity contribution in [1.29, 1.82) is 0 Å². The maximum absolute atomic E-state index is 12.6. The first-order chi connectivity index (χ1) is 13.1. The highest BCUT2D eigenvalue weighted by Gasteiger charge is 2.31. The maximum atomic E-state index is 12.6. The van der Waals surface area contributed by atoms with Gasteiger partial charge in [-0.1, -0.05) is 0 Å². The van der Waals surface area contributed by atoms with Crippen LogP contribution in [-0.4, -0.2) is 70.7 Å². The highest BCUT2D eigenvalue weighted by atomic mass is 16.5.